The number of aromatic nitrogens is 1. The summed E-state index contributed by atoms with van der Waals surface area (Å²) in [6.45, 7) is -0.0884. The third-order valence-electron chi connectivity index (χ3n) is 4.45. The van der Waals surface area contributed by atoms with Crippen LogP contribution in [0.3, 0.4) is 0 Å². The summed E-state index contributed by atoms with van der Waals surface area (Å²) in [4.78, 5) is 16.7. The standard InChI is InChI=1S/C17H17ClF2N2O2/c18-12-3-4-13-11(2-1-9-21-13)14(12)15(23)22-10-16(24)5-7-17(19,20)8-6-16/h1-4,9,24H,5-8,10H2,(H,22,23). The maximum absolute atomic E-state index is 13.2. The number of pyridine rings is 1. The normalized spacial score (nSPS) is 19.2. The molecule has 0 atom stereocenters. The Labute approximate surface area is 142 Å². The Morgan fingerprint density at radius 1 is 1.25 bits per heavy atom. The molecule has 2 N–H and O–H groups in total. The van der Waals surface area contributed by atoms with Crippen molar-refractivity contribution in [3.05, 3.63) is 41.0 Å². The van der Waals surface area contributed by atoms with E-state index in [0.29, 0.717) is 10.9 Å². The van der Waals surface area contributed by atoms with Crippen molar-refractivity contribution < 1.29 is 18.7 Å². The van der Waals surface area contributed by atoms with Crippen LogP contribution in [0, 0.1) is 0 Å². The van der Waals surface area contributed by atoms with Crippen molar-refractivity contribution in [1.29, 1.82) is 0 Å². The summed E-state index contributed by atoms with van der Waals surface area (Å²) >= 11 is 6.14. The molecule has 3 rings (SSSR count). The van der Waals surface area contributed by atoms with Crippen molar-refractivity contribution in [2.24, 2.45) is 0 Å². The second kappa shape index (κ2) is 6.26. The van der Waals surface area contributed by atoms with Crippen molar-refractivity contribution in [3.63, 3.8) is 0 Å². The summed E-state index contributed by atoms with van der Waals surface area (Å²) in [6.07, 6.45) is 0.760. The van der Waals surface area contributed by atoms with Gasteiger partial charge in [-0.3, -0.25) is 9.78 Å². The van der Waals surface area contributed by atoms with Gasteiger partial charge < -0.3 is 10.4 Å². The highest BCUT2D eigenvalue weighted by Gasteiger charge is 2.42. The number of fused-ring (bicyclic) bond motifs is 1. The molecule has 24 heavy (non-hydrogen) atoms. The van der Waals surface area contributed by atoms with Gasteiger partial charge in [0, 0.05) is 31.0 Å². The van der Waals surface area contributed by atoms with E-state index in [-0.39, 0.29) is 42.8 Å². The number of nitrogens with zero attached hydrogens (tertiary/aromatic N) is 1. The first-order chi connectivity index (χ1) is 11.3. The summed E-state index contributed by atoms with van der Waals surface area (Å²) in [6, 6.07) is 6.73. The minimum atomic E-state index is -2.74. The molecule has 0 saturated heterocycles. The van der Waals surface area contributed by atoms with Crippen LogP contribution in [0.2, 0.25) is 5.02 Å². The van der Waals surface area contributed by atoms with Gasteiger partial charge in [0.2, 0.25) is 5.92 Å². The van der Waals surface area contributed by atoms with Gasteiger partial charge in [0.25, 0.3) is 5.91 Å². The van der Waals surface area contributed by atoms with Gasteiger partial charge >= 0.3 is 0 Å². The first-order valence-corrected chi connectivity index (χ1v) is 8.09. The number of nitrogens with one attached hydrogen (secondary N) is 1. The van der Waals surface area contributed by atoms with Gasteiger partial charge in [0.15, 0.2) is 0 Å². The van der Waals surface area contributed by atoms with Crippen molar-refractivity contribution in [1.82, 2.24) is 10.3 Å². The number of hydrogen-bond acceptors (Lipinski definition) is 3. The number of carbonyl (C=O) groups excluding carboxylic acids is 1. The van der Waals surface area contributed by atoms with E-state index >= 15 is 0 Å². The Kier molecular flexibility index (Phi) is 4.44. The van der Waals surface area contributed by atoms with E-state index in [2.05, 4.69) is 10.3 Å². The number of benzene rings is 1. The van der Waals surface area contributed by atoms with Crippen LogP contribution in [0.15, 0.2) is 30.5 Å². The van der Waals surface area contributed by atoms with Crippen LogP contribution in [0.5, 0.6) is 0 Å². The van der Waals surface area contributed by atoms with Crippen LogP contribution in [0.25, 0.3) is 10.9 Å². The molecule has 0 aliphatic heterocycles. The minimum Gasteiger partial charge on any atom is -0.388 e. The van der Waals surface area contributed by atoms with Gasteiger partial charge in [0.05, 0.1) is 21.7 Å². The lowest BCUT2D eigenvalue weighted by molar-refractivity contribution is -0.101. The smallest absolute Gasteiger partial charge is 0.253 e. The van der Waals surface area contributed by atoms with Crippen molar-refractivity contribution in [3.8, 4) is 0 Å². The molecule has 1 aromatic heterocycles. The summed E-state index contributed by atoms with van der Waals surface area (Å²) in [5.74, 6) is -3.19. The highest BCUT2D eigenvalue weighted by Crippen LogP contribution is 2.38. The predicted molar refractivity (Wildman–Crippen MR) is 87.5 cm³/mol. The zero-order valence-electron chi connectivity index (χ0n) is 12.9. The Hall–Kier alpha value is -1.79. The molecular weight excluding hydrogens is 338 g/mol. The second-order valence-corrected chi connectivity index (χ2v) is 6.66. The fourth-order valence-corrected chi connectivity index (χ4v) is 3.20. The van der Waals surface area contributed by atoms with Gasteiger partial charge in [-0.15, -0.1) is 0 Å². The monoisotopic (exact) mass is 354 g/mol. The second-order valence-electron chi connectivity index (χ2n) is 6.26. The lowest BCUT2D eigenvalue weighted by atomic mass is 9.82. The van der Waals surface area contributed by atoms with E-state index in [1.807, 2.05) is 0 Å². The summed E-state index contributed by atoms with van der Waals surface area (Å²) in [7, 11) is 0. The highest BCUT2D eigenvalue weighted by atomic mass is 35.5. The largest absolute Gasteiger partial charge is 0.388 e. The lowest BCUT2D eigenvalue weighted by Gasteiger charge is -2.35. The number of aliphatic hydroxyl groups is 1. The Balaban J connectivity index is 1.76. The number of rotatable bonds is 3. The number of halogens is 3. The molecule has 7 heteroatoms. The van der Waals surface area contributed by atoms with Crippen LogP contribution in [0.4, 0.5) is 8.78 Å². The first kappa shape index (κ1) is 17.0. The molecule has 0 unspecified atom stereocenters. The van der Waals surface area contributed by atoms with Gasteiger partial charge in [-0.25, -0.2) is 8.78 Å². The van der Waals surface area contributed by atoms with Crippen LogP contribution >= 0.6 is 11.6 Å². The van der Waals surface area contributed by atoms with Crippen molar-refractivity contribution in [2.45, 2.75) is 37.2 Å². The minimum absolute atomic E-state index is 0.0505. The Bertz CT molecular complexity index is 772. The van der Waals surface area contributed by atoms with E-state index < -0.39 is 17.4 Å². The number of carbonyl (C=O) groups is 1. The van der Waals surface area contributed by atoms with Crippen LogP contribution in [-0.4, -0.2) is 34.1 Å². The Morgan fingerprint density at radius 2 is 1.96 bits per heavy atom. The molecule has 128 valence electrons. The zero-order chi connectivity index (χ0) is 17.4. The third kappa shape index (κ3) is 3.49. The van der Waals surface area contributed by atoms with Crippen LogP contribution < -0.4 is 5.32 Å². The molecule has 1 saturated carbocycles. The van der Waals surface area contributed by atoms with Gasteiger partial charge in [-0.2, -0.15) is 0 Å². The average Bonchev–Trinajstić information content (AvgIpc) is 2.56. The number of amides is 1. The molecule has 1 aromatic carbocycles. The molecule has 1 fully saturated rings. The van der Waals surface area contributed by atoms with E-state index in [0.717, 1.165) is 0 Å². The molecule has 1 heterocycles. The number of alkyl halides is 2. The zero-order valence-corrected chi connectivity index (χ0v) is 13.6. The maximum Gasteiger partial charge on any atom is 0.253 e. The maximum atomic E-state index is 13.2. The van der Waals surface area contributed by atoms with Gasteiger partial charge in [-0.05, 0) is 31.0 Å². The van der Waals surface area contributed by atoms with E-state index in [1.165, 1.54) is 0 Å². The quantitative estimate of drug-likeness (QED) is 0.886. The van der Waals surface area contributed by atoms with Crippen LogP contribution in [-0.2, 0) is 0 Å². The molecule has 2 aromatic rings. The lowest BCUT2D eigenvalue weighted by Crippen LogP contribution is -2.47. The molecule has 4 nitrogen and oxygen atoms in total. The molecule has 0 spiro atoms. The fraction of sp³-hybridized carbons (Fsp3) is 0.412. The molecule has 0 radical (unpaired) electrons. The van der Waals surface area contributed by atoms with E-state index in [4.69, 9.17) is 11.6 Å². The van der Waals surface area contributed by atoms with Gasteiger partial charge in [-0.1, -0.05) is 17.7 Å². The molecule has 0 bridgehead atoms. The molecule has 1 amide bonds. The van der Waals surface area contributed by atoms with Crippen molar-refractivity contribution in [2.75, 3.05) is 6.54 Å². The Morgan fingerprint density at radius 3 is 2.67 bits per heavy atom. The molecule has 1 aliphatic carbocycles. The van der Waals surface area contributed by atoms with E-state index in [1.54, 1.807) is 30.5 Å². The van der Waals surface area contributed by atoms with Gasteiger partial charge in [0.1, 0.15) is 0 Å². The first-order valence-electron chi connectivity index (χ1n) is 7.71. The molecular formula is C17H17ClF2N2O2. The average molecular weight is 355 g/mol. The SMILES string of the molecule is O=C(NCC1(O)CCC(F)(F)CC1)c1c(Cl)ccc2ncccc12. The van der Waals surface area contributed by atoms with Crippen LogP contribution in [0.1, 0.15) is 36.0 Å². The third-order valence-corrected chi connectivity index (χ3v) is 4.77. The van der Waals surface area contributed by atoms with E-state index in [9.17, 15) is 18.7 Å². The molecule has 1 aliphatic rings. The summed E-state index contributed by atoms with van der Waals surface area (Å²) in [5.41, 5.74) is -0.415. The summed E-state index contributed by atoms with van der Waals surface area (Å²) in [5, 5.41) is 13.9. The summed E-state index contributed by atoms with van der Waals surface area (Å²) < 4.78 is 26.4. The highest BCUT2D eigenvalue weighted by molar-refractivity contribution is 6.35. The number of hydrogen-bond donors (Lipinski definition) is 2. The fourth-order valence-electron chi connectivity index (χ4n) is 2.95. The topological polar surface area (TPSA) is 62.2 Å². The van der Waals surface area contributed by atoms with Crippen molar-refractivity contribution >= 4 is 28.4 Å². The predicted octanol–water partition coefficient (Wildman–Crippen LogP) is 3.56.